The van der Waals surface area contributed by atoms with E-state index in [-0.39, 0.29) is 5.91 Å². The predicted molar refractivity (Wildman–Crippen MR) is 100 cm³/mol. The van der Waals surface area contributed by atoms with E-state index in [2.05, 4.69) is 10.7 Å². The van der Waals surface area contributed by atoms with Gasteiger partial charge in [0.15, 0.2) is 0 Å². The molecule has 2 rings (SSSR count). The highest BCUT2D eigenvalue weighted by atomic mass is 32.2. The number of allylic oxidation sites excluding steroid dienone is 4. The second kappa shape index (κ2) is 12.5. The van der Waals surface area contributed by atoms with E-state index in [0.717, 1.165) is 21.4 Å². The van der Waals surface area contributed by atoms with Gasteiger partial charge in [-0.3, -0.25) is 10.0 Å². The van der Waals surface area contributed by atoms with Crippen LogP contribution < -0.4 is 16.2 Å². The number of nitrogens with zero attached hydrogens (tertiary/aromatic N) is 1. The van der Waals surface area contributed by atoms with Gasteiger partial charge < -0.3 is 15.4 Å². The summed E-state index contributed by atoms with van der Waals surface area (Å²) >= 11 is 1.15. The number of benzene rings is 1. The largest absolute Gasteiger partial charge is 0.488 e. The van der Waals surface area contributed by atoms with E-state index in [1.807, 2.05) is 18.2 Å². The number of hydrogen-bond acceptors (Lipinski definition) is 7. The van der Waals surface area contributed by atoms with Crippen LogP contribution in [0.2, 0.25) is 0 Å². The summed E-state index contributed by atoms with van der Waals surface area (Å²) in [4.78, 5) is 12.0. The lowest BCUT2D eigenvalue weighted by molar-refractivity contribution is -0.120. The summed E-state index contributed by atoms with van der Waals surface area (Å²) < 4.78 is 0.911. The van der Waals surface area contributed by atoms with Gasteiger partial charge in [-0.2, -0.15) is 0 Å². The highest BCUT2D eigenvalue weighted by molar-refractivity contribution is 8.00. The maximum Gasteiger partial charge on any atom is 0.488 e. The first kappa shape index (κ1) is 21.2. The first-order valence-corrected chi connectivity index (χ1v) is 8.38. The number of amides is 1. The Morgan fingerprint density at radius 3 is 2.60 bits per heavy atom. The van der Waals surface area contributed by atoms with E-state index in [0.29, 0.717) is 18.3 Å². The van der Waals surface area contributed by atoms with E-state index in [1.165, 1.54) is 0 Å². The summed E-state index contributed by atoms with van der Waals surface area (Å²) in [5.74, 6) is 0.00409. The molecule has 0 radical (unpaired) electrons. The van der Waals surface area contributed by atoms with Crippen molar-refractivity contribution in [3.05, 3.63) is 65.7 Å². The molecule has 5 N–H and O–H groups in total. The molecule has 1 aliphatic rings. The predicted octanol–water partition coefficient (Wildman–Crippen LogP) is 0.690. The summed E-state index contributed by atoms with van der Waals surface area (Å²) in [5, 5.41) is 29.1. The summed E-state index contributed by atoms with van der Waals surface area (Å²) in [6.45, 7) is 0. The van der Waals surface area contributed by atoms with Crippen molar-refractivity contribution in [2.24, 2.45) is 0 Å². The van der Waals surface area contributed by atoms with Crippen LogP contribution in [0.3, 0.4) is 0 Å². The number of carbonyl (C=O) groups excluding carboxylic acids is 1. The molecular weight excluding hydrogens is 341 g/mol. The van der Waals surface area contributed by atoms with Crippen molar-refractivity contribution in [2.75, 3.05) is 7.05 Å². The molecule has 7 nitrogen and oxygen atoms in total. The minimum atomic E-state index is -1.34. The Bertz CT molecular complexity index is 609. The van der Waals surface area contributed by atoms with Gasteiger partial charge in [-0.1, -0.05) is 47.1 Å². The normalized spacial score (nSPS) is 18.9. The van der Waals surface area contributed by atoms with Crippen LogP contribution in [0.1, 0.15) is 12.8 Å². The van der Waals surface area contributed by atoms with Gasteiger partial charge in [-0.25, -0.2) is 5.43 Å². The Hall–Kier alpha value is -1.88. The van der Waals surface area contributed by atoms with Crippen LogP contribution in [0, 0.1) is 0 Å². The zero-order chi connectivity index (χ0) is 18.5. The Morgan fingerprint density at radius 2 is 2.00 bits per heavy atom. The van der Waals surface area contributed by atoms with Gasteiger partial charge in [0, 0.05) is 36.5 Å². The third-order valence-corrected chi connectivity index (χ3v) is 3.74. The first-order chi connectivity index (χ1) is 12.0. The topological polar surface area (TPSA) is 105 Å². The Balaban J connectivity index is 0.000000293. The standard InChI is InChI=1S/C10H15N3O2S.C6H7BO2/c1-11-13(15)16-9-5-2-3-7-10(14)12-8-4-6-9;8-7(9)6-4-2-1-3-5-6/h2,4-6,8,11,15H,3,7H2,1H3,(H,12,14);1-5,8-9H/b5-2+,8-4+,9-6+;. The maximum atomic E-state index is 11.1. The molecule has 0 unspecified atom stereocenters. The molecule has 0 atom stereocenters. The Labute approximate surface area is 151 Å². The van der Waals surface area contributed by atoms with Crippen LogP contribution in [0.15, 0.2) is 65.7 Å². The molecule has 134 valence electrons. The van der Waals surface area contributed by atoms with Crippen molar-refractivity contribution in [3.63, 3.8) is 0 Å². The van der Waals surface area contributed by atoms with Crippen LogP contribution in [0.4, 0.5) is 0 Å². The zero-order valence-electron chi connectivity index (χ0n) is 13.9. The SMILES string of the molecule is CNN(O)SC1=C/C=C/NC(=O)CC\C=C\1.OB(O)c1ccccc1. The van der Waals surface area contributed by atoms with E-state index in [1.54, 1.807) is 49.7 Å². The van der Waals surface area contributed by atoms with Gasteiger partial charge >= 0.3 is 7.12 Å². The van der Waals surface area contributed by atoms with Crippen LogP contribution in [0.5, 0.6) is 0 Å². The zero-order valence-corrected chi connectivity index (χ0v) is 14.7. The second-order valence-electron chi connectivity index (χ2n) is 4.81. The van der Waals surface area contributed by atoms with Crippen LogP contribution in [0.25, 0.3) is 0 Å². The molecule has 1 heterocycles. The molecule has 25 heavy (non-hydrogen) atoms. The quantitative estimate of drug-likeness (QED) is 0.305. The molecular formula is C16H22BN3O4S. The molecule has 0 fully saturated rings. The van der Waals surface area contributed by atoms with Crippen LogP contribution in [-0.2, 0) is 4.79 Å². The van der Waals surface area contributed by atoms with Gasteiger partial charge in [0.25, 0.3) is 0 Å². The smallest absolute Gasteiger partial charge is 0.423 e. The molecule has 1 aromatic rings. The Morgan fingerprint density at radius 1 is 1.28 bits per heavy atom. The number of rotatable bonds is 4. The summed E-state index contributed by atoms with van der Waals surface area (Å²) in [6.07, 6.45) is 10.0. The number of carbonyl (C=O) groups is 1. The van der Waals surface area contributed by atoms with Gasteiger partial charge in [-0.15, -0.1) is 0 Å². The van der Waals surface area contributed by atoms with E-state index in [9.17, 15) is 10.0 Å². The second-order valence-corrected chi connectivity index (χ2v) is 5.81. The minimum absolute atomic E-state index is 0.00409. The highest BCUT2D eigenvalue weighted by Gasteiger charge is 2.07. The van der Waals surface area contributed by atoms with Crippen molar-refractivity contribution in [1.82, 2.24) is 15.3 Å². The molecule has 1 aliphatic heterocycles. The maximum absolute atomic E-state index is 11.1. The first-order valence-electron chi connectivity index (χ1n) is 7.61. The summed E-state index contributed by atoms with van der Waals surface area (Å²) in [5.41, 5.74) is 3.09. The van der Waals surface area contributed by atoms with Gasteiger partial charge in [0.2, 0.25) is 5.91 Å². The molecule has 1 amide bonds. The average molecular weight is 363 g/mol. The van der Waals surface area contributed by atoms with Crippen molar-refractivity contribution in [3.8, 4) is 0 Å². The van der Waals surface area contributed by atoms with E-state index < -0.39 is 7.12 Å². The van der Waals surface area contributed by atoms with Crippen LogP contribution in [-0.4, -0.2) is 39.9 Å². The fraction of sp³-hybridized carbons (Fsp3) is 0.188. The highest BCUT2D eigenvalue weighted by Crippen LogP contribution is 2.19. The molecule has 0 aromatic heterocycles. The average Bonchev–Trinajstić information content (AvgIpc) is 2.63. The van der Waals surface area contributed by atoms with Crippen LogP contribution >= 0.6 is 11.9 Å². The lowest BCUT2D eigenvalue weighted by Crippen LogP contribution is -2.29. The van der Waals surface area contributed by atoms with Gasteiger partial charge in [0.1, 0.15) is 0 Å². The fourth-order valence-electron chi connectivity index (χ4n) is 1.66. The lowest BCUT2D eigenvalue weighted by atomic mass is 9.81. The van der Waals surface area contributed by atoms with Gasteiger partial charge in [-0.05, 0) is 24.0 Å². The molecule has 9 heteroatoms. The number of hydrazine groups is 1. The van der Waals surface area contributed by atoms with E-state index >= 15 is 0 Å². The van der Waals surface area contributed by atoms with Crippen molar-refractivity contribution in [2.45, 2.75) is 12.8 Å². The monoisotopic (exact) mass is 363 g/mol. The van der Waals surface area contributed by atoms with Crippen molar-refractivity contribution >= 4 is 30.4 Å². The number of hydrogen-bond donors (Lipinski definition) is 5. The number of nitrogens with one attached hydrogen (secondary N) is 2. The van der Waals surface area contributed by atoms with Crippen molar-refractivity contribution < 1.29 is 20.0 Å². The van der Waals surface area contributed by atoms with E-state index in [4.69, 9.17) is 10.0 Å². The molecule has 0 spiro atoms. The van der Waals surface area contributed by atoms with Gasteiger partial charge in [0.05, 0.1) is 0 Å². The third-order valence-electron chi connectivity index (χ3n) is 2.90. The third kappa shape index (κ3) is 9.87. The minimum Gasteiger partial charge on any atom is -0.423 e. The molecule has 0 saturated heterocycles. The molecule has 0 bridgehead atoms. The summed E-state index contributed by atoms with van der Waals surface area (Å²) in [6, 6.07) is 8.66. The fourth-order valence-corrected chi connectivity index (χ4v) is 2.24. The Kier molecular flexibility index (Phi) is 10.6. The lowest BCUT2D eigenvalue weighted by Gasteiger charge is -2.11. The van der Waals surface area contributed by atoms with Crippen molar-refractivity contribution in [1.29, 1.82) is 0 Å². The molecule has 0 aliphatic carbocycles. The molecule has 1 aromatic carbocycles. The summed E-state index contributed by atoms with van der Waals surface area (Å²) in [7, 11) is 0.277. The molecule has 0 saturated carbocycles.